The summed E-state index contributed by atoms with van der Waals surface area (Å²) in [5, 5.41) is 3.75. The monoisotopic (exact) mass is 290 g/mol. The van der Waals surface area contributed by atoms with E-state index in [0.717, 1.165) is 32.8 Å². The van der Waals surface area contributed by atoms with Crippen molar-refractivity contribution in [1.82, 2.24) is 10.2 Å². The normalized spacial score (nSPS) is 18.0. The van der Waals surface area contributed by atoms with Crippen molar-refractivity contribution >= 4 is 0 Å². The minimum atomic E-state index is 0.482. The van der Waals surface area contributed by atoms with Gasteiger partial charge in [-0.25, -0.2) is 0 Å². The van der Waals surface area contributed by atoms with E-state index in [1.54, 1.807) is 0 Å². The highest BCUT2D eigenvalue weighted by atomic mass is 16.5. The molecular formula is C18H30N2O. The van der Waals surface area contributed by atoms with Crippen molar-refractivity contribution in [3.8, 4) is 0 Å². The van der Waals surface area contributed by atoms with E-state index in [1.807, 2.05) is 0 Å². The van der Waals surface area contributed by atoms with E-state index in [-0.39, 0.29) is 0 Å². The Balaban J connectivity index is 1.74. The van der Waals surface area contributed by atoms with Gasteiger partial charge in [0.15, 0.2) is 0 Å². The van der Waals surface area contributed by atoms with Gasteiger partial charge in [0.2, 0.25) is 0 Å². The summed E-state index contributed by atoms with van der Waals surface area (Å²) >= 11 is 0. The molecule has 3 heteroatoms. The third-order valence-electron chi connectivity index (χ3n) is 4.05. The van der Waals surface area contributed by atoms with E-state index in [2.05, 4.69) is 54.4 Å². The predicted octanol–water partition coefficient (Wildman–Crippen LogP) is 3.09. The molecule has 2 rings (SSSR count). The first kappa shape index (κ1) is 16.5. The van der Waals surface area contributed by atoms with Gasteiger partial charge in [0, 0.05) is 19.1 Å². The van der Waals surface area contributed by atoms with Gasteiger partial charge < -0.3 is 10.1 Å². The summed E-state index contributed by atoms with van der Waals surface area (Å²) in [7, 11) is 0. The molecule has 1 N–H and O–H groups in total. The van der Waals surface area contributed by atoms with Crippen molar-refractivity contribution in [2.24, 2.45) is 5.92 Å². The average Bonchev–Trinajstić information content (AvgIpc) is 2.52. The highest BCUT2D eigenvalue weighted by molar-refractivity contribution is 5.18. The van der Waals surface area contributed by atoms with Crippen molar-refractivity contribution in [2.45, 2.75) is 32.7 Å². The van der Waals surface area contributed by atoms with Gasteiger partial charge in [-0.2, -0.15) is 0 Å². The molecule has 1 aromatic carbocycles. The maximum atomic E-state index is 5.39. The van der Waals surface area contributed by atoms with Crippen LogP contribution in [-0.4, -0.2) is 44.3 Å². The van der Waals surface area contributed by atoms with Gasteiger partial charge in [0.1, 0.15) is 0 Å². The van der Waals surface area contributed by atoms with Gasteiger partial charge in [0.05, 0.1) is 13.2 Å². The molecular weight excluding hydrogens is 260 g/mol. The van der Waals surface area contributed by atoms with E-state index in [4.69, 9.17) is 4.74 Å². The zero-order valence-corrected chi connectivity index (χ0v) is 13.6. The molecule has 0 spiro atoms. The Bertz CT molecular complexity index is 374. The third kappa shape index (κ3) is 6.16. The van der Waals surface area contributed by atoms with Crippen LogP contribution in [-0.2, 0) is 4.74 Å². The number of hydrogen-bond donors (Lipinski definition) is 1. The highest BCUT2D eigenvalue weighted by Crippen LogP contribution is 2.20. The second-order valence-electron chi connectivity index (χ2n) is 6.35. The minimum absolute atomic E-state index is 0.482. The SMILES string of the molecule is CC(C)CC(NCCCN1CCOCC1)c1ccccc1. The fourth-order valence-electron chi connectivity index (χ4n) is 2.90. The number of morpholine rings is 1. The topological polar surface area (TPSA) is 24.5 Å². The van der Waals surface area contributed by atoms with Gasteiger partial charge in [-0.1, -0.05) is 44.2 Å². The molecule has 0 radical (unpaired) electrons. The van der Waals surface area contributed by atoms with Crippen LogP contribution >= 0.6 is 0 Å². The lowest BCUT2D eigenvalue weighted by atomic mass is 9.97. The van der Waals surface area contributed by atoms with Gasteiger partial charge in [0.25, 0.3) is 0 Å². The maximum absolute atomic E-state index is 5.39. The Labute approximate surface area is 129 Å². The zero-order chi connectivity index (χ0) is 14.9. The van der Waals surface area contributed by atoms with Gasteiger partial charge in [-0.15, -0.1) is 0 Å². The second kappa shape index (κ2) is 9.19. The second-order valence-corrected chi connectivity index (χ2v) is 6.35. The molecule has 1 unspecified atom stereocenters. The van der Waals surface area contributed by atoms with Crippen LogP contribution in [0.2, 0.25) is 0 Å². The van der Waals surface area contributed by atoms with E-state index in [0.29, 0.717) is 12.0 Å². The maximum Gasteiger partial charge on any atom is 0.0594 e. The molecule has 21 heavy (non-hydrogen) atoms. The summed E-state index contributed by atoms with van der Waals surface area (Å²) < 4.78 is 5.39. The Hall–Kier alpha value is -0.900. The molecule has 1 heterocycles. The summed E-state index contributed by atoms with van der Waals surface area (Å²) in [4.78, 5) is 2.51. The number of nitrogens with one attached hydrogen (secondary N) is 1. The zero-order valence-electron chi connectivity index (χ0n) is 13.6. The summed E-state index contributed by atoms with van der Waals surface area (Å²) in [6.07, 6.45) is 2.41. The number of rotatable bonds is 8. The first-order valence-corrected chi connectivity index (χ1v) is 8.34. The third-order valence-corrected chi connectivity index (χ3v) is 4.05. The Morgan fingerprint density at radius 1 is 1.14 bits per heavy atom. The summed E-state index contributed by atoms with van der Waals surface area (Å²) in [5.41, 5.74) is 1.41. The number of nitrogens with zero attached hydrogens (tertiary/aromatic N) is 1. The quantitative estimate of drug-likeness (QED) is 0.745. The fraction of sp³-hybridized carbons (Fsp3) is 0.667. The Kier molecular flexibility index (Phi) is 7.20. The molecule has 1 saturated heterocycles. The molecule has 1 atom stereocenters. The molecule has 1 aromatic rings. The smallest absolute Gasteiger partial charge is 0.0594 e. The molecule has 1 fully saturated rings. The van der Waals surface area contributed by atoms with Crippen LogP contribution in [0.1, 0.15) is 38.3 Å². The van der Waals surface area contributed by atoms with Crippen molar-refractivity contribution in [3.05, 3.63) is 35.9 Å². The molecule has 0 aromatic heterocycles. The number of benzene rings is 1. The van der Waals surface area contributed by atoms with Crippen LogP contribution in [0.5, 0.6) is 0 Å². The highest BCUT2D eigenvalue weighted by Gasteiger charge is 2.13. The van der Waals surface area contributed by atoms with E-state index in [9.17, 15) is 0 Å². The number of hydrogen-bond acceptors (Lipinski definition) is 3. The average molecular weight is 290 g/mol. The number of ether oxygens (including phenoxy) is 1. The van der Waals surface area contributed by atoms with Crippen LogP contribution < -0.4 is 5.32 Å². The van der Waals surface area contributed by atoms with Crippen LogP contribution in [0.4, 0.5) is 0 Å². The Morgan fingerprint density at radius 2 is 1.86 bits per heavy atom. The minimum Gasteiger partial charge on any atom is -0.379 e. The molecule has 0 bridgehead atoms. The first-order chi connectivity index (χ1) is 10.3. The fourth-order valence-corrected chi connectivity index (χ4v) is 2.90. The largest absolute Gasteiger partial charge is 0.379 e. The van der Waals surface area contributed by atoms with E-state index in [1.165, 1.54) is 24.9 Å². The van der Waals surface area contributed by atoms with Crippen molar-refractivity contribution in [1.29, 1.82) is 0 Å². The lowest BCUT2D eigenvalue weighted by Crippen LogP contribution is -2.38. The predicted molar refractivity (Wildman–Crippen MR) is 88.5 cm³/mol. The molecule has 1 aliphatic heterocycles. The molecule has 0 saturated carbocycles. The van der Waals surface area contributed by atoms with Crippen LogP contribution in [0.3, 0.4) is 0 Å². The van der Waals surface area contributed by atoms with Gasteiger partial charge >= 0.3 is 0 Å². The van der Waals surface area contributed by atoms with E-state index < -0.39 is 0 Å². The lowest BCUT2D eigenvalue weighted by Gasteiger charge is -2.27. The van der Waals surface area contributed by atoms with Crippen molar-refractivity contribution in [2.75, 3.05) is 39.4 Å². The molecule has 0 aliphatic carbocycles. The van der Waals surface area contributed by atoms with Crippen LogP contribution in [0.15, 0.2) is 30.3 Å². The summed E-state index contributed by atoms with van der Waals surface area (Å²) in [6.45, 7) is 10.8. The van der Waals surface area contributed by atoms with Gasteiger partial charge in [-0.05, 0) is 37.4 Å². The van der Waals surface area contributed by atoms with Crippen LogP contribution in [0, 0.1) is 5.92 Å². The summed E-state index contributed by atoms with van der Waals surface area (Å²) in [6, 6.07) is 11.3. The van der Waals surface area contributed by atoms with Crippen molar-refractivity contribution in [3.63, 3.8) is 0 Å². The van der Waals surface area contributed by atoms with Gasteiger partial charge in [-0.3, -0.25) is 4.90 Å². The molecule has 0 amide bonds. The van der Waals surface area contributed by atoms with E-state index >= 15 is 0 Å². The van der Waals surface area contributed by atoms with Crippen LogP contribution in [0.25, 0.3) is 0 Å². The molecule has 118 valence electrons. The standard InChI is InChI=1S/C18H30N2O/c1-16(2)15-18(17-7-4-3-5-8-17)19-9-6-10-20-11-13-21-14-12-20/h3-5,7-8,16,18-19H,6,9-15H2,1-2H3. The van der Waals surface area contributed by atoms with Crippen molar-refractivity contribution < 1.29 is 4.74 Å². The summed E-state index contributed by atoms with van der Waals surface area (Å²) in [5.74, 6) is 0.710. The molecule has 1 aliphatic rings. The Morgan fingerprint density at radius 3 is 2.52 bits per heavy atom. The lowest BCUT2D eigenvalue weighted by molar-refractivity contribution is 0.0373. The molecule has 3 nitrogen and oxygen atoms in total. The first-order valence-electron chi connectivity index (χ1n) is 8.34.